The molecule has 2 fully saturated rings. The van der Waals surface area contributed by atoms with Crippen molar-refractivity contribution in [2.45, 2.75) is 20.3 Å². The Balaban J connectivity index is 0.000000190. The highest BCUT2D eigenvalue weighted by molar-refractivity contribution is 6.42. The zero-order chi connectivity index (χ0) is 55.0. The van der Waals surface area contributed by atoms with Gasteiger partial charge < -0.3 is 43.9 Å². The van der Waals surface area contributed by atoms with Gasteiger partial charge in [-0.1, -0.05) is 96.6 Å². The van der Waals surface area contributed by atoms with Gasteiger partial charge in [-0.15, -0.1) is 0 Å². The number of nitrogens with one attached hydrogen (secondary N) is 1. The van der Waals surface area contributed by atoms with Gasteiger partial charge >= 0.3 is 0 Å². The number of methoxy groups -OCH3 is 4. The van der Waals surface area contributed by atoms with Crippen LogP contribution in [-0.2, 0) is 6.42 Å². The molecule has 13 nitrogen and oxygen atoms in total. The number of Topliss-reactive ketones (excluding diaryl/α,β-unsaturated/α-hetero) is 1. The van der Waals surface area contributed by atoms with Crippen molar-refractivity contribution in [3.8, 4) is 45.3 Å². The normalized spacial score (nSPS) is 14.0. The summed E-state index contributed by atoms with van der Waals surface area (Å²) in [7, 11) is 6.14. The third kappa shape index (κ3) is 11.8. The van der Waals surface area contributed by atoms with E-state index >= 15 is 0 Å². The van der Waals surface area contributed by atoms with Crippen LogP contribution in [0.4, 0.5) is 17.1 Å². The molecule has 1 amide bonds. The first-order chi connectivity index (χ1) is 37.9. The number of carbonyl (C=O) groups is 2. The lowest BCUT2D eigenvalue weighted by Crippen LogP contribution is -2.46. The fraction of sp³-hybridized carbons (Fsp3) is 0.279. The number of likely N-dealkylation sites (N-methyl/N-ethyl adjacent to an activating group) is 2. The van der Waals surface area contributed by atoms with E-state index in [-0.39, 0.29) is 18.1 Å². The van der Waals surface area contributed by atoms with Gasteiger partial charge in [-0.2, -0.15) is 0 Å². The molecule has 0 spiro atoms. The van der Waals surface area contributed by atoms with E-state index in [9.17, 15) is 9.59 Å². The van der Waals surface area contributed by atoms with Crippen LogP contribution in [0.2, 0.25) is 20.1 Å². The number of fused-ring (bicyclic) bond motifs is 2. The van der Waals surface area contributed by atoms with Crippen LogP contribution < -0.4 is 34.1 Å². The Hall–Kier alpha value is -6.84. The van der Waals surface area contributed by atoms with Crippen LogP contribution in [0.5, 0.6) is 23.0 Å². The van der Waals surface area contributed by atoms with Gasteiger partial charge in [0.25, 0.3) is 5.91 Å². The van der Waals surface area contributed by atoms with Crippen molar-refractivity contribution < 1.29 is 28.5 Å². The molecule has 10 rings (SSSR count). The lowest BCUT2D eigenvalue weighted by molar-refractivity contribution is 0.0992. The van der Waals surface area contributed by atoms with Crippen LogP contribution in [-0.4, -0.2) is 125 Å². The molecule has 4 heterocycles. The van der Waals surface area contributed by atoms with E-state index in [1.165, 1.54) is 19.9 Å². The highest BCUT2D eigenvalue weighted by Crippen LogP contribution is 2.49. The summed E-state index contributed by atoms with van der Waals surface area (Å²) in [5, 5.41) is 5.94. The van der Waals surface area contributed by atoms with Gasteiger partial charge in [0.05, 0.1) is 65.1 Å². The Morgan fingerprint density at radius 3 is 1.32 bits per heavy atom. The molecule has 0 radical (unpaired) electrons. The van der Waals surface area contributed by atoms with Crippen molar-refractivity contribution in [2.75, 3.05) is 109 Å². The number of anilines is 3. The summed E-state index contributed by atoms with van der Waals surface area (Å²) in [6.45, 7) is 14.9. The van der Waals surface area contributed by atoms with Gasteiger partial charge in [-0.3, -0.25) is 19.6 Å². The lowest BCUT2D eigenvalue weighted by Gasteiger charge is -2.35. The van der Waals surface area contributed by atoms with E-state index in [4.69, 9.17) is 65.4 Å². The SMILES string of the molecule is CCN1CCN(c2ccc(CC(=O)c3ccc(-c4c(Cl)c(OC)cc(OC)c4Cl)c4cccnc34)cc2)CC1.CCN1CCN(c2ccc(NC(=O)c3ccc(-c4c(Cl)c(OC)cc(OC)c4Cl)c4cccnc34)cc2)CC1. The van der Waals surface area contributed by atoms with Gasteiger partial charge in [0.1, 0.15) is 23.0 Å². The number of rotatable bonds is 15. The molecule has 0 unspecified atom stereocenters. The summed E-state index contributed by atoms with van der Waals surface area (Å²) in [6, 6.07) is 34.3. The van der Waals surface area contributed by atoms with E-state index in [0.29, 0.717) is 82.1 Å². The summed E-state index contributed by atoms with van der Waals surface area (Å²) < 4.78 is 21.8. The molecule has 0 aliphatic carbocycles. The first-order valence-electron chi connectivity index (χ1n) is 25.8. The van der Waals surface area contributed by atoms with Crippen LogP contribution in [0.25, 0.3) is 44.1 Å². The number of carbonyl (C=O) groups excluding carboxylic acids is 2. The van der Waals surface area contributed by atoms with Gasteiger partial charge in [-0.05, 0) is 90.4 Å². The maximum absolute atomic E-state index is 13.5. The van der Waals surface area contributed by atoms with E-state index in [0.717, 1.165) is 98.6 Å². The molecule has 2 aliphatic heterocycles. The van der Waals surface area contributed by atoms with Crippen molar-refractivity contribution in [2.24, 2.45) is 0 Å². The molecule has 0 bridgehead atoms. The summed E-state index contributed by atoms with van der Waals surface area (Å²) >= 11 is 26.8. The Bertz CT molecular complexity index is 3170. The molecular formula is C61H61Cl4N7O6. The summed E-state index contributed by atoms with van der Waals surface area (Å²) in [6.07, 6.45) is 3.63. The lowest BCUT2D eigenvalue weighted by atomic mass is 9.94. The smallest absolute Gasteiger partial charge is 0.257 e. The number of nitrogens with zero attached hydrogens (tertiary/aromatic N) is 6. The average molecular weight is 1130 g/mol. The monoisotopic (exact) mass is 1130 g/mol. The number of amides is 1. The molecule has 0 atom stereocenters. The molecule has 1 N–H and O–H groups in total. The van der Waals surface area contributed by atoms with Crippen molar-refractivity contribution in [3.05, 3.63) is 158 Å². The number of ether oxygens (including phenoxy) is 4. The number of halogens is 4. The van der Waals surface area contributed by atoms with Gasteiger partial charge in [-0.25, -0.2) is 0 Å². The minimum atomic E-state index is -0.255. The van der Waals surface area contributed by atoms with Crippen molar-refractivity contribution in [1.82, 2.24) is 19.8 Å². The minimum absolute atomic E-state index is 0.00465. The molecule has 2 aromatic heterocycles. The van der Waals surface area contributed by atoms with Crippen LogP contribution in [0, 0.1) is 0 Å². The van der Waals surface area contributed by atoms with Gasteiger partial charge in [0, 0.05) is 128 Å². The Kier molecular flexibility index (Phi) is 18.1. The average Bonchev–Trinajstić information content (AvgIpc) is 3.50. The van der Waals surface area contributed by atoms with Crippen molar-refractivity contribution in [3.63, 3.8) is 0 Å². The van der Waals surface area contributed by atoms with Crippen molar-refractivity contribution >= 4 is 97.0 Å². The van der Waals surface area contributed by atoms with Crippen LogP contribution in [0.15, 0.2) is 122 Å². The Morgan fingerprint density at radius 2 is 0.910 bits per heavy atom. The predicted molar refractivity (Wildman–Crippen MR) is 318 cm³/mol. The fourth-order valence-electron chi connectivity index (χ4n) is 10.1. The number of hydrogen-bond acceptors (Lipinski definition) is 12. The van der Waals surface area contributed by atoms with Crippen LogP contribution in [0.1, 0.15) is 40.1 Å². The third-order valence-corrected chi connectivity index (χ3v) is 16.1. The van der Waals surface area contributed by atoms with E-state index in [1.807, 2.05) is 60.7 Å². The number of hydrogen-bond donors (Lipinski definition) is 1. The minimum Gasteiger partial charge on any atom is -0.495 e. The standard InChI is InChI=1S/C31H31Cl2N3O3.C30H30Cl2N4O3/c1-4-35-14-16-36(17-15-35)21-9-7-20(8-10-21)18-25(37)24-12-11-22(23-6-5-13-34-31(23)24)28-29(32)26(38-2)19-27(39-3)30(28)33;1-4-35-14-16-36(17-15-35)20-9-7-19(8-10-20)34-30(37)23-12-11-21(22-6-5-13-33-29(22)23)26-27(31)24(38-2)18-25(39-3)28(26)32/h5-13,19H,4,14-18H2,1-3H3;5-13,18H,4,14-17H2,1-3H3,(H,34,37). The molecule has 8 aromatic rings. The van der Waals surface area contributed by atoms with Crippen LogP contribution in [0.3, 0.4) is 0 Å². The fourth-order valence-corrected chi connectivity index (χ4v) is 11.5. The topological polar surface area (TPSA) is 122 Å². The zero-order valence-electron chi connectivity index (χ0n) is 44.5. The molecule has 6 aromatic carbocycles. The quantitative estimate of drug-likeness (QED) is 0.0984. The molecule has 2 saturated heterocycles. The maximum Gasteiger partial charge on any atom is 0.257 e. The second-order valence-electron chi connectivity index (χ2n) is 18.8. The van der Waals surface area contributed by atoms with Crippen molar-refractivity contribution in [1.29, 1.82) is 0 Å². The first-order valence-corrected chi connectivity index (χ1v) is 27.3. The molecular weight excluding hydrogens is 1070 g/mol. The summed E-state index contributed by atoms with van der Waals surface area (Å²) in [5.41, 5.74) is 8.74. The molecule has 0 saturated carbocycles. The number of pyridine rings is 2. The number of benzene rings is 6. The second-order valence-corrected chi connectivity index (χ2v) is 20.3. The molecule has 17 heteroatoms. The van der Waals surface area contributed by atoms with Gasteiger partial charge in [0.2, 0.25) is 0 Å². The maximum atomic E-state index is 13.5. The second kappa shape index (κ2) is 25.3. The third-order valence-electron chi connectivity index (χ3n) is 14.6. The summed E-state index contributed by atoms with van der Waals surface area (Å²) in [4.78, 5) is 45.7. The highest BCUT2D eigenvalue weighted by atomic mass is 35.5. The number of aromatic nitrogens is 2. The van der Waals surface area contributed by atoms with Crippen LogP contribution >= 0.6 is 46.4 Å². The van der Waals surface area contributed by atoms with Gasteiger partial charge in [0.15, 0.2) is 5.78 Å². The van der Waals surface area contributed by atoms with E-state index < -0.39 is 0 Å². The van der Waals surface area contributed by atoms with E-state index in [1.54, 1.807) is 50.9 Å². The Morgan fingerprint density at radius 1 is 0.513 bits per heavy atom. The molecule has 2 aliphatic rings. The molecule has 404 valence electrons. The molecule has 78 heavy (non-hydrogen) atoms. The number of piperazine rings is 2. The largest absolute Gasteiger partial charge is 0.495 e. The first kappa shape index (κ1) is 55.9. The Labute approximate surface area is 475 Å². The highest BCUT2D eigenvalue weighted by Gasteiger charge is 2.26. The summed E-state index contributed by atoms with van der Waals surface area (Å²) in [5.74, 6) is 1.50. The zero-order valence-corrected chi connectivity index (χ0v) is 47.5. The number of ketones is 1. The van der Waals surface area contributed by atoms with E-state index in [2.05, 4.69) is 73.0 Å². The predicted octanol–water partition coefficient (Wildman–Crippen LogP) is 13.4.